The van der Waals surface area contributed by atoms with E-state index in [2.05, 4.69) is 34.5 Å². The summed E-state index contributed by atoms with van der Waals surface area (Å²) in [6.45, 7) is 2.68. The van der Waals surface area contributed by atoms with E-state index in [-0.39, 0.29) is 31.4 Å². The van der Waals surface area contributed by atoms with Crippen molar-refractivity contribution in [3.63, 3.8) is 0 Å². The molecule has 13 heteroatoms. The van der Waals surface area contributed by atoms with Crippen molar-refractivity contribution in [2.24, 2.45) is 0 Å². The normalized spacial score (nSPS) is 17.6. The van der Waals surface area contributed by atoms with E-state index in [4.69, 9.17) is 19.5 Å². The molecule has 0 radical (unpaired) electrons. The molecule has 0 bridgehead atoms. The van der Waals surface area contributed by atoms with Gasteiger partial charge in [0, 0.05) is 31.5 Å². The quantitative estimate of drug-likeness (QED) is 0.0548. The highest BCUT2D eigenvalue weighted by Gasteiger charge is 2.33. The Bertz CT molecular complexity index is 1300. The standard InChI is InChI=1S/C34H54N5O6PS/c1-2-3-4-5-6-7-8-9-10-11-12-13-14-15-19-22-31(40)36-24-25-37-46(42,45-29-20-17-16-18-21-29)43-27-33-44-32(28-47-33)39-26-23-30(35)38-34(39)41/h9-10,16-18,20-21,23,26,32-33H,2-8,11-15,19,22,24-25,27-28H2,1H3,(H,36,40)(H,37,42)(H2,35,38,41)/b10-9-/t32?,33-,46?/m1/s1. The van der Waals surface area contributed by atoms with Crippen molar-refractivity contribution in [2.45, 2.75) is 108 Å². The molecule has 1 amide bonds. The first kappa shape index (κ1) is 38.8. The van der Waals surface area contributed by atoms with Gasteiger partial charge in [0.25, 0.3) is 0 Å². The van der Waals surface area contributed by atoms with Crippen LogP contribution in [0.15, 0.2) is 59.5 Å². The summed E-state index contributed by atoms with van der Waals surface area (Å²) in [5.74, 6) is 0.980. The second kappa shape index (κ2) is 22.9. The summed E-state index contributed by atoms with van der Waals surface area (Å²) >= 11 is 1.43. The van der Waals surface area contributed by atoms with Gasteiger partial charge in [-0.1, -0.05) is 88.6 Å². The number of unbranched alkanes of at least 4 members (excludes halogenated alkanes) is 11. The van der Waals surface area contributed by atoms with Crippen LogP contribution in [-0.4, -0.2) is 46.3 Å². The maximum atomic E-state index is 13.6. The minimum atomic E-state index is -3.81. The van der Waals surface area contributed by atoms with Gasteiger partial charge in [-0.15, -0.1) is 11.8 Å². The lowest BCUT2D eigenvalue weighted by atomic mass is 10.1. The van der Waals surface area contributed by atoms with Gasteiger partial charge in [-0.05, 0) is 50.3 Å². The summed E-state index contributed by atoms with van der Waals surface area (Å²) in [6.07, 6.45) is 21.9. The Balaban J connectivity index is 1.28. The van der Waals surface area contributed by atoms with Gasteiger partial charge in [0.05, 0.1) is 6.61 Å². The first-order valence-electron chi connectivity index (χ1n) is 17.2. The predicted octanol–water partition coefficient (Wildman–Crippen LogP) is 7.36. The van der Waals surface area contributed by atoms with Gasteiger partial charge in [0.1, 0.15) is 23.2 Å². The highest BCUT2D eigenvalue weighted by Crippen LogP contribution is 2.45. The van der Waals surface area contributed by atoms with E-state index in [1.807, 2.05) is 6.07 Å². The van der Waals surface area contributed by atoms with Crippen LogP contribution in [0.5, 0.6) is 5.75 Å². The largest absolute Gasteiger partial charge is 0.458 e. The Hall–Kier alpha value is -2.63. The second-order valence-corrected chi connectivity index (χ2v) is 14.6. The molecule has 11 nitrogen and oxygen atoms in total. The van der Waals surface area contributed by atoms with Crippen LogP contribution in [0, 0.1) is 0 Å². The summed E-state index contributed by atoms with van der Waals surface area (Å²) in [5, 5.41) is 5.73. The fourth-order valence-electron chi connectivity index (χ4n) is 5.04. The summed E-state index contributed by atoms with van der Waals surface area (Å²) in [6, 6.07) is 10.3. The van der Waals surface area contributed by atoms with E-state index in [1.165, 1.54) is 86.4 Å². The number of benzene rings is 1. The zero-order valence-corrected chi connectivity index (χ0v) is 29.6. The highest BCUT2D eigenvalue weighted by molar-refractivity contribution is 8.00. The van der Waals surface area contributed by atoms with Crippen molar-refractivity contribution >= 4 is 31.2 Å². The number of aromatic nitrogens is 2. The monoisotopic (exact) mass is 691 g/mol. The average molecular weight is 692 g/mol. The number of nitrogens with zero attached hydrogens (tertiary/aromatic N) is 2. The van der Waals surface area contributed by atoms with Crippen molar-refractivity contribution in [2.75, 3.05) is 31.2 Å². The van der Waals surface area contributed by atoms with Crippen LogP contribution >= 0.6 is 19.5 Å². The molecule has 1 fully saturated rings. The summed E-state index contributed by atoms with van der Waals surface area (Å²) in [5.41, 5.74) is 4.60. The molecule has 2 aromatic rings. The van der Waals surface area contributed by atoms with Crippen molar-refractivity contribution in [1.29, 1.82) is 0 Å². The molecule has 3 atom stereocenters. The maximum absolute atomic E-state index is 13.6. The second-order valence-electron chi connectivity index (χ2n) is 11.7. The molecular weight excluding hydrogens is 637 g/mol. The van der Waals surface area contributed by atoms with Gasteiger partial charge in [-0.2, -0.15) is 4.98 Å². The van der Waals surface area contributed by atoms with Crippen molar-refractivity contribution < 1.29 is 23.1 Å². The van der Waals surface area contributed by atoms with Gasteiger partial charge >= 0.3 is 13.4 Å². The first-order valence-corrected chi connectivity index (χ1v) is 19.8. The van der Waals surface area contributed by atoms with E-state index in [0.717, 1.165) is 25.7 Å². The number of hydrogen-bond acceptors (Lipinski definition) is 9. The maximum Gasteiger partial charge on any atom is 0.458 e. The number of para-hydroxylation sites is 1. The summed E-state index contributed by atoms with van der Waals surface area (Å²) < 4.78 is 32.4. The lowest BCUT2D eigenvalue weighted by molar-refractivity contribution is -0.121. The Morgan fingerprint density at radius 3 is 2.40 bits per heavy atom. The molecule has 0 spiro atoms. The van der Waals surface area contributed by atoms with E-state index in [1.54, 1.807) is 24.3 Å². The van der Waals surface area contributed by atoms with E-state index < -0.39 is 25.1 Å². The fourth-order valence-corrected chi connectivity index (χ4v) is 7.46. The average Bonchev–Trinajstić information content (AvgIpc) is 3.53. The van der Waals surface area contributed by atoms with Crippen molar-refractivity contribution in [3.05, 3.63) is 65.2 Å². The van der Waals surface area contributed by atoms with Crippen LogP contribution in [0.3, 0.4) is 0 Å². The number of amides is 1. The van der Waals surface area contributed by atoms with Crippen LogP contribution in [0.2, 0.25) is 0 Å². The van der Waals surface area contributed by atoms with Gasteiger partial charge in [0.2, 0.25) is 5.91 Å². The van der Waals surface area contributed by atoms with Crippen LogP contribution in [0.4, 0.5) is 5.82 Å². The third-order valence-electron chi connectivity index (χ3n) is 7.66. The number of hydrogen-bond donors (Lipinski definition) is 3. The number of nitrogens with two attached hydrogens (primary N) is 1. The van der Waals surface area contributed by atoms with Gasteiger partial charge in [-0.25, -0.2) is 14.4 Å². The molecule has 2 unspecified atom stereocenters. The zero-order chi connectivity index (χ0) is 33.6. The number of carbonyl (C=O) groups excluding carboxylic acids is 1. The van der Waals surface area contributed by atoms with Crippen molar-refractivity contribution in [3.8, 4) is 5.75 Å². The van der Waals surface area contributed by atoms with Crippen LogP contribution in [0.25, 0.3) is 0 Å². The molecule has 1 saturated heterocycles. The lowest BCUT2D eigenvalue weighted by Crippen LogP contribution is -2.32. The molecule has 1 aliphatic rings. The molecule has 1 aliphatic heterocycles. The van der Waals surface area contributed by atoms with Gasteiger partial charge in [0.15, 0.2) is 0 Å². The van der Waals surface area contributed by atoms with Crippen molar-refractivity contribution in [1.82, 2.24) is 20.0 Å². The highest BCUT2D eigenvalue weighted by atomic mass is 32.2. The summed E-state index contributed by atoms with van der Waals surface area (Å²) in [7, 11) is -3.81. The molecule has 1 aromatic carbocycles. The first-order chi connectivity index (χ1) is 22.9. The van der Waals surface area contributed by atoms with Crippen LogP contribution in [-0.2, 0) is 18.6 Å². The van der Waals surface area contributed by atoms with E-state index in [0.29, 0.717) is 17.9 Å². The number of nitrogens with one attached hydrogen (secondary N) is 2. The Labute approximate surface area is 284 Å². The number of allylic oxidation sites excluding steroid dienone is 2. The number of ether oxygens (including phenoxy) is 1. The zero-order valence-electron chi connectivity index (χ0n) is 27.9. The van der Waals surface area contributed by atoms with E-state index in [9.17, 15) is 14.2 Å². The SMILES string of the molecule is CCCCCCCC/C=C\CCCCCCCC(=O)NCCNP(=O)(OC[C@@H]1OC(n2ccc(N)nc2=O)CS1)Oc1ccccc1. The fraction of sp³-hybridized carbons (Fsp3) is 0.618. The molecule has 4 N–H and O–H groups in total. The lowest BCUT2D eigenvalue weighted by Gasteiger charge is -2.22. The third kappa shape index (κ3) is 16.4. The molecule has 2 heterocycles. The molecule has 3 rings (SSSR count). The molecular formula is C34H54N5O6PS. The summed E-state index contributed by atoms with van der Waals surface area (Å²) in [4.78, 5) is 28.3. The van der Waals surface area contributed by atoms with Gasteiger partial charge < -0.3 is 20.3 Å². The topological polar surface area (TPSA) is 147 Å². The molecule has 0 aliphatic carbocycles. The number of nitrogen functional groups attached to an aromatic ring is 1. The molecule has 47 heavy (non-hydrogen) atoms. The number of anilines is 1. The Morgan fingerprint density at radius 2 is 1.70 bits per heavy atom. The van der Waals surface area contributed by atoms with E-state index >= 15 is 0 Å². The third-order valence-corrected chi connectivity index (χ3v) is 10.3. The smallest absolute Gasteiger partial charge is 0.413 e. The predicted molar refractivity (Wildman–Crippen MR) is 190 cm³/mol. The number of rotatable bonds is 25. The van der Waals surface area contributed by atoms with Crippen LogP contribution in [0.1, 0.15) is 103 Å². The number of thioether (sulfide) groups is 1. The van der Waals surface area contributed by atoms with Gasteiger partial charge in [-0.3, -0.25) is 13.9 Å². The molecule has 0 saturated carbocycles. The van der Waals surface area contributed by atoms with Crippen LogP contribution < -0.4 is 26.4 Å². The molecule has 1 aromatic heterocycles. The Morgan fingerprint density at radius 1 is 1.02 bits per heavy atom. The number of carbonyl (C=O) groups is 1. The molecule has 262 valence electrons. The minimum absolute atomic E-state index is 0.0293. The Kier molecular flexibility index (Phi) is 18.9. The minimum Gasteiger partial charge on any atom is -0.413 e.